The minimum absolute atomic E-state index is 0.0223. The summed E-state index contributed by atoms with van der Waals surface area (Å²) in [6.45, 7) is 1.37. The molecule has 1 atom stereocenters. The van der Waals surface area contributed by atoms with Gasteiger partial charge in [-0.1, -0.05) is 12.1 Å². The quantitative estimate of drug-likeness (QED) is 0.685. The molecule has 0 saturated carbocycles. The average molecular weight is 356 g/mol. The molecule has 0 radical (unpaired) electrons. The van der Waals surface area contributed by atoms with E-state index < -0.39 is 11.9 Å². The van der Waals surface area contributed by atoms with Crippen LogP contribution in [0, 0.1) is 5.82 Å². The number of nitrogens with zero attached hydrogens (tertiary/aromatic N) is 2. The zero-order valence-electron chi connectivity index (χ0n) is 14.1. The van der Waals surface area contributed by atoms with Crippen LogP contribution in [0.25, 0.3) is 10.9 Å². The summed E-state index contributed by atoms with van der Waals surface area (Å²) in [6.07, 6.45) is 0.303. The number of benzene rings is 2. The molecule has 0 aliphatic carbocycles. The molecule has 0 fully saturated rings. The molecule has 3 rings (SSSR count). The van der Waals surface area contributed by atoms with Gasteiger partial charge < -0.3 is 9.84 Å². The highest BCUT2D eigenvalue weighted by molar-refractivity contribution is 5.94. The molecule has 0 unspecified atom stereocenters. The number of carbonyl (C=O) groups excluding carboxylic acids is 1. The molecule has 1 heterocycles. The van der Waals surface area contributed by atoms with E-state index in [0.29, 0.717) is 11.3 Å². The third kappa shape index (κ3) is 3.94. The summed E-state index contributed by atoms with van der Waals surface area (Å²) in [5.74, 6) is -0.0965. The summed E-state index contributed by atoms with van der Waals surface area (Å²) in [6, 6.07) is 10.4. The lowest BCUT2D eigenvalue weighted by atomic mass is 10.1. The first-order valence-electron chi connectivity index (χ1n) is 8.00. The predicted molar refractivity (Wildman–Crippen MR) is 93.9 cm³/mol. The second-order valence-electron chi connectivity index (χ2n) is 5.91. The van der Waals surface area contributed by atoms with Crippen LogP contribution in [0.5, 0.6) is 5.75 Å². The molecule has 2 aromatic carbocycles. The Hall–Kier alpha value is -3.06. The monoisotopic (exact) mass is 356 g/mol. The fourth-order valence-corrected chi connectivity index (χ4v) is 2.54. The summed E-state index contributed by atoms with van der Waals surface area (Å²) < 4.78 is 19.9. The number of ether oxygens (including phenoxy) is 1. The van der Waals surface area contributed by atoms with Crippen LogP contribution in [0.2, 0.25) is 0 Å². The molecule has 0 saturated heterocycles. The first-order valence-corrected chi connectivity index (χ1v) is 8.00. The van der Waals surface area contributed by atoms with Gasteiger partial charge in [0, 0.05) is 11.6 Å². The van der Waals surface area contributed by atoms with Crippen LogP contribution in [0.1, 0.15) is 17.3 Å². The molecular formula is C19H17FN2O4. The lowest BCUT2D eigenvalue weighted by Crippen LogP contribution is -2.30. The van der Waals surface area contributed by atoms with Crippen LogP contribution in [-0.4, -0.2) is 33.2 Å². The van der Waals surface area contributed by atoms with Crippen LogP contribution in [-0.2, 0) is 6.54 Å². The number of rotatable bonds is 6. The van der Waals surface area contributed by atoms with Gasteiger partial charge in [-0.25, -0.2) is 9.37 Å². The number of Topliss-reactive ketones (excluding diaryl/α,β-unsaturated/α-hetero) is 1. The molecule has 0 spiro atoms. The molecule has 7 heteroatoms. The highest BCUT2D eigenvalue weighted by Crippen LogP contribution is 2.14. The lowest BCUT2D eigenvalue weighted by Gasteiger charge is -2.14. The topological polar surface area (TPSA) is 81.4 Å². The third-order valence-corrected chi connectivity index (χ3v) is 3.88. The normalized spacial score (nSPS) is 12.1. The van der Waals surface area contributed by atoms with E-state index in [1.165, 1.54) is 36.0 Å². The SMILES string of the molecule is CC(=O)c1cccc(OC[C@H](O)Cn2cnc3cc(F)ccc3c2=O)c1. The summed E-state index contributed by atoms with van der Waals surface area (Å²) in [4.78, 5) is 27.8. The van der Waals surface area contributed by atoms with E-state index in [4.69, 9.17) is 4.74 Å². The van der Waals surface area contributed by atoms with E-state index in [1.54, 1.807) is 24.3 Å². The molecule has 26 heavy (non-hydrogen) atoms. The first-order chi connectivity index (χ1) is 12.4. The second-order valence-corrected chi connectivity index (χ2v) is 5.91. The highest BCUT2D eigenvalue weighted by Gasteiger charge is 2.11. The fraction of sp³-hybridized carbons (Fsp3) is 0.211. The molecule has 1 aromatic heterocycles. The van der Waals surface area contributed by atoms with Crippen LogP contribution >= 0.6 is 0 Å². The summed E-state index contributed by atoms with van der Waals surface area (Å²) in [7, 11) is 0. The Kier molecular flexibility index (Phi) is 5.09. The van der Waals surface area contributed by atoms with Crippen molar-refractivity contribution < 1.29 is 19.0 Å². The van der Waals surface area contributed by atoms with Gasteiger partial charge in [-0.2, -0.15) is 0 Å². The Labute approximate surface area is 148 Å². The summed E-state index contributed by atoms with van der Waals surface area (Å²) in [5.41, 5.74) is 0.407. The van der Waals surface area contributed by atoms with E-state index in [2.05, 4.69) is 4.98 Å². The number of carbonyl (C=O) groups is 1. The molecule has 1 N–H and O–H groups in total. The van der Waals surface area contributed by atoms with Crippen molar-refractivity contribution in [3.63, 3.8) is 0 Å². The highest BCUT2D eigenvalue weighted by atomic mass is 19.1. The zero-order chi connectivity index (χ0) is 18.7. The largest absolute Gasteiger partial charge is 0.491 e. The maximum atomic E-state index is 13.2. The standard InChI is InChI=1S/C19H17FN2O4/c1-12(23)13-3-2-4-16(7-13)26-10-15(24)9-22-11-21-18-8-14(20)5-6-17(18)19(22)25/h2-8,11,15,24H,9-10H2,1H3/t15-/m1/s1. The van der Waals surface area contributed by atoms with Gasteiger partial charge >= 0.3 is 0 Å². The van der Waals surface area contributed by atoms with Gasteiger partial charge in [0.25, 0.3) is 5.56 Å². The van der Waals surface area contributed by atoms with Crippen LogP contribution in [0.15, 0.2) is 53.6 Å². The average Bonchev–Trinajstić information content (AvgIpc) is 2.62. The predicted octanol–water partition coefficient (Wildman–Crippen LogP) is 2.18. The number of fused-ring (bicyclic) bond motifs is 1. The smallest absolute Gasteiger partial charge is 0.261 e. The second kappa shape index (κ2) is 7.45. The van der Waals surface area contributed by atoms with E-state index >= 15 is 0 Å². The Morgan fingerprint density at radius 1 is 1.31 bits per heavy atom. The number of halogens is 1. The number of aliphatic hydroxyl groups is 1. The molecular weight excluding hydrogens is 339 g/mol. The van der Waals surface area contributed by atoms with E-state index in [9.17, 15) is 19.1 Å². The molecule has 0 amide bonds. The van der Waals surface area contributed by atoms with Crippen LogP contribution in [0.3, 0.4) is 0 Å². The molecule has 0 aliphatic rings. The maximum Gasteiger partial charge on any atom is 0.261 e. The van der Waals surface area contributed by atoms with Crippen molar-refractivity contribution in [2.75, 3.05) is 6.61 Å². The molecule has 134 valence electrons. The number of hydrogen-bond acceptors (Lipinski definition) is 5. The number of ketones is 1. The maximum absolute atomic E-state index is 13.2. The van der Waals surface area contributed by atoms with E-state index in [-0.39, 0.29) is 35.4 Å². The van der Waals surface area contributed by atoms with Crippen molar-refractivity contribution in [2.45, 2.75) is 19.6 Å². The molecule has 3 aromatic rings. The van der Waals surface area contributed by atoms with E-state index in [0.717, 1.165) is 0 Å². The van der Waals surface area contributed by atoms with Gasteiger partial charge in [-0.3, -0.25) is 14.2 Å². The minimum atomic E-state index is -0.964. The zero-order valence-corrected chi connectivity index (χ0v) is 14.1. The van der Waals surface area contributed by atoms with Crippen LogP contribution in [0.4, 0.5) is 4.39 Å². The molecule has 0 aliphatic heterocycles. The fourth-order valence-electron chi connectivity index (χ4n) is 2.54. The summed E-state index contributed by atoms with van der Waals surface area (Å²) >= 11 is 0. The van der Waals surface area contributed by atoms with Crippen molar-refractivity contribution in [3.05, 3.63) is 70.5 Å². The Balaban J connectivity index is 1.69. The molecule has 0 bridgehead atoms. The lowest BCUT2D eigenvalue weighted by molar-refractivity contribution is 0.0913. The van der Waals surface area contributed by atoms with Crippen molar-refractivity contribution in [1.82, 2.24) is 9.55 Å². The number of aliphatic hydroxyl groups excluding tert-OH is 1. The van der Waals surface area contributed by atoms with Crippen molar-refractivity contribution in [2.24, 2.45) is 0 Å². The van der Waals surface area contributed by atoms with Gasteiger partial charge in [0.15, 0.2) is 5.78 Å². The Morgan fingerprint density at radius 2 is 2.12 bits per heavy atom. The van der Waals surface area contributed by atoms with Crippen molar-refractivity contribution >= 4 is 16.7 Å². The van der Waals surface area contributed by atoms with Crippen LogP contribution < -0.4 is 10.3 Å². The Bertz CT molecular complexity index is 1020. The number of aromatic nitrogens is 2. The number of hydrogen-bond donors (Lipinski definition) is 1. The van der Waals surface area contributed by atoms with Crippen molar-refractivity contribution in [1.29, 1.82) is 0 Å². The van der Waals surface area contributed by atoms with Gasteiger partial charge in [0.2, 0.25) is 0 Å². The van der Waals surface area contributed by atoms with Gasteiger partial charge in [-0.15, -0.1) is 0 Å². The molecule has 6 nitrogen and oxygen atoms in total. The van der Waals surface area contributed by atoms with Gasteiger partial charge in [0.05, 0.1) is 23.8 Å². The third-order valence-electron chi connectivity index (χ3n) is 3.88. The van der Waals surface area contributed by atoms with E-state index in [1.807, 2.05) is 0 Å². The van der Waals surface area contributed by atoms with Crippen molar-refractivity contribution in [3.8, 4) is 5.75 Å². The Morgan fingerprint density at radius 3 is 2.88 bits per heavy atom. The minimum Gasteiger partial charge on any atom is -0.491 e. The first kappa shape index (κ1) is 17.8. The summed E-state index contributed by atoms with van der Waals surface area (Å²) in [5, 5.41) is 10.4. The van der Waals surface area contributed by atoms with Gasteiger partial charge in [0.1, 0.15) is 24.3 Å². The van der Waals surface area contributed by atoms with Gasteiger partial charge in [-0.05, 0) is 31.2 Å².